The van der Waals surface area contributed by atoms with Gasteiger partial charge in [-0.15, -0.1) is 0 Å². The molecule has 0 saturated heterocycles. The first-order valence-corrected chi connectivity index (χ1v) is 7.36. The third kappa shape index (κ3) is 4.61. The lowest BCUT2D eigenvalue weighted by molar-refractivity contribution is -0.137. The van der Waals surface area contributed by atoms with Crippen molar-refractivity contribution in [1.82, 2.24) is 10.3 Å². The fourth-order valence-corrected chi connectivity index (χ4v) is 2.14. The summed E-state index contributed by atoms with van der Waals surface area (Å²) in [5, 5.41) is 2.41. The summed E-state index contributed by atoms with van der Waals surface area (Å²) in [6, 6.07) is 7.84. The van der Waals surface area contributed by atoms with Gasteiger partial charge in [-0.2, -0.15) is 13.2 Å². The van der Waals surface area contributed by atoms with E-state index in [-0.39, 0.29) is 30.0 Å². The van der Waals surface area contributed by atoms with E-state index in [4.69, 9.17) is 16.3 Å². The van der Waals surface area contributed by atoms with Gasteiger partial charge in [0.2, 0.25) is 5.88 Å². The number of ether oxygens (including phenoxy) is 1. The molecule has 2 rings (SSSR count). The molecule has 0 saturated carbocycles. The maximum absolute atomic E-state index is 12.5. The quantitative estimate of drug-likeness (QED) is 0.825. The molecular formula is C16H14ClF3N2O2. The van der Waals surface area contributed by atoms with Gasteiger partial charge in [-0.1, -0.05) is 29.8 Å². The maximum atomic E-state index is 12.5. The van der Waals surface area contributed by atoms with Crippen molar-refractivity contribution in [2.24, 2.45) is 0 Å². The molecule has 0 spiro atoms. The number of hydrogen-bond donors (Lipinski definition) is 1. The highest BCUT2D eigenvalue weighted by Crippen LogP contribution is 2.32. The molecule has 0 aliphatic heterocycles. The van der Waals surface area contributed by atoms with Crippen LogP contribution in [-0.2, 0) is 6.18 Å². The molecule has 2 aromatic rings. The van der Waals surface area contributed by atoms with Crippen molar-refractivity contribution in [2.75, 3.05) is 13.2 Å². The Hall–Kier alpha value is -2.28. The van der Waals surface area contributed by atoms with Crippen LogP contribution in [0.25, 0.3) is 0 Å². The molecule has 0 aliphatic rings. The molecule has 24 heavy (non-hydrogen) atoms. The topological polar surface area (TPSA) is 51.2 Å². The van der Waals surface area contributed by atoms with Gasteiger partial charge in [0.05, 0.1) is 12.1 Å². The Morgan fingerprint density at radius 3 is 2.67 bits per heavy atom. The van der Waals surface area contributed by atoms with Gasteiger partial charge >= 0.3 is 6.18 Å². The number of aryl methyl sites for hydroxylation is 1. The highest BCUT2D eigenvalue weighted by molar-refractivity contribution is 6.31. The summed E-state index contributed by atoms with van der Waals surface area (Å²) in [6.07, 6.45) is -3.87. The van der Waals surface area contributed by atoms with Crippen molar-refractivity contribution in [2.45, 2.75) is 13.1 Å². The monoisotopic (exact) mass is 358 g/mol. The largest absolute Gasteiger partial charge is 0.475 e. The number of hydrogen-bond acceptors (Lipinski definition) is 3. The van der Waals surface area contributed by atoms with E-state index in [1.807, 2.05) is 19.1 Å². The van der Waals surface area contributed by atoms with Crippen LogP contribution in [0.15, 0.2) is 36.5 Å². The zero-order chi connectivity index (χ0) is 17.7. The number of carbonyl (C=O) groups excluding carboxylic acids is 1. The van der Waals surface area contributed by atoms with E-state index in [9.17, 15) is 18.0 Å². The molecule has 1 aromatic carbocycles. The second kappa shape index (κ2) is 7.53. The fourth-order valence-electron chi connectivity index (χ4n) is 1.92. The lowest BCUT2D eigenvalue weighted by Crippen LogP contribution is -2.28. The standard InChI is InChI=1S/C16H14ClF3N2O2/c1-10-4-2-3-5-12(10)14(23)21-6-7-24-15-13(17)8-11(9-22-15)16(18,19)20/h2-5,8-9H,6-7H2,1H3,(H,21,23). The number of rotatable bonds is 5. The summed E-state index contributed by atoms with van der Waals surface area (Å²) in [5.41, 5.74) is 0.430. The molecule has 0 aliphatic carbocycles. The summed E-state index contributed by atoms with van der Waals surface area (Å²) in [4.78, 5) is 15.5. The van der Waals surface area contributed by atoms with E-state index < -0.39 is 11.7 Å². The molecule has 0 atom stereocenters. The van der Waals surface area contributed by atoms with Crippen LogP contribution in [0.1, 0.15) is 21.5 Å². The number of alkyl halides is 3. The molecule has 0 fully saturated rings. The van der Waals surface area contributed by atoms with Crippen LogP contribution in [0.3, 0.4) is 0 Å². The predicted octanol–water partition coefficient (Wildman–Crippen LogP) is 3.87. The Morgan fingerprint density at radius 1 is 1.33 bits per heavy atom. The smallest absolute Gasteiger partial charge is 0.417 e. The lowest BCUT2D eigenvalue weighted by Gasteiger charge is -2.11. The van der Waals surface area contributed by atoms with E-state index in [2.05, 4.69) is 10.3 Å². The summed E-state index contributed by atoms with van der Waals surface area (Å²) in [6.45, 7) is 2.00. The molecule has 1 aromatic heterocycles. The number of amides is 1. The average molecular weight is 359 g/mol. The van der Waals surface area contributed by atoms with Crippen molar-refractivity contribution in [3.63, 3.8) is 0 Å². The minimum Gasteiger partial charge on any atom is -0.475 e. The second-order valence-electron chi connectivity index (χ2n) is 4.93. The number of benzene rings is 1. The minimum absolute atomic E-state index is 0.0235. The Labute approximate surface area is 141 Å². The average Bonchev–Trinajstić information content (AvgIpc) is 2.52. The van der Waals surface area contributed by atoms with E-state index in [0.717, 1.165) is 11.6 Å². The van der Waals surface area contributed by atoms with Gasteiger partial charge in [0.15, 0.2) is 0 Å². The highest BCUT2D eigenvalue weighted by Gasteiger charge is 2.31. The zero-order valence-electron chi connectivity index (χ0n) is 12.7. The van der Waals surface area contributed by atoms with E-state index >= 15 is 0 Å². The highest BCUT2D eigenvalue weighted by atomic mass is 35.5. The van der Waals surface area contributed by atoms with Crippen LogP contribution < -0.4 is 10.1 Å². The third-order valence-corrected chi connectivity index (χ3v) is 3.42. The Balaban J connectivity index is 1.87. The van der Waals surface area contributed by atoms with Crippen molar-refractivity contribution >= 4 is 17.5 Å². The molecular weight excluding hydrogens is 345 g/mol. The molecule has 1 heterocycles. The molecule has 1 amide bonds. The van der Waals surface area contributed by atoms with E-state index in [1.54, 1.807) is 12.1 Å². The minimum atomic E-state index is -4.52. The number of halogens is 4. The maximum Gasteiger partial charge on any atom is 0.417 e. The first-order chi connectivity index (χ1) is 11.3. The summed E-state index contributed by atoms with van der Waals surface area (Å²) in [7, 11) is 0. The van der Waals surface area contributed by atoms with Crippen molar-refractivity contribution in [1.29, 1.82) is 0 Å². The number of carbonyl (C=O) groups is 1. The van der Waals surface area contributed by atoms with Gasteiger partial charge in [-0.25, -0.2) is 4.98 Å². The molecule has 4 nitrogen and oxygen atoms in total. The molecule has 8 heteroatoms. The van der Waals surface area contributed by atoms with Gasteiger partial charge in [0.25, 0.3) is 5.91 Å². The second-order valence-corrected chi connectivity index (χ2v) is 5.34. The summed E-state index contributed by atoms with van der Waals surface area (Å²) >= 11 is 5.72. The number of nitrogens with zero attached hydrogens (tertiary/aromatic N) is 1. The van der Waals surface area contributed by atoms with Gasteiger partial charge in [-0.05, 0) is 24.6 Å². The van der Waals surface area contributed by atoms with E-state index in [1.165, 1.54) is 0 Å². The molecule has 1 N–H and O–H groups in total. The van der Waals surface area contributed by atoms with Crippen LogP contribution in [0.5, 0.6) is 5.88 Å². The summed E-state index contributed by atoms with van der Waals surface area (Å²) < 4.78 is 42.7. The molecule has 128 valence electrons. The third-order valence-electron chi connectivity index (χ3n) is 3.15. The molecule has 0 radical (unpaired) electrons. The first-order valence-electron chi connectivity index (χ1n) is 6.98. The normalized spacial score (nSPS) is 11.2. The van der Waals surface area contributed by atoms with Crippen LogP contribution in [-0.4, -0.2) is 24.0 Å². The number of pyridine rings is 1. The van der Waals surface area contributed by atoms with Gasteiger partial charge < -0.3 is 10.1 Å². The summed E-state index contributed by atoms with van der Waals surface area (Å²) in [5.74, 6) is -0.377. The van der Waals surface area contributed by atoms with Gasteiger partial charge in [0, 0.05) is 11.8 Å². The van der Waals surface area contributed by atoms with Crippen LogP contribution in [0.2, 0.25) is 5.02 Å². The molecule has 0 bridgehead atoms. The van der Waals surface area contributed by atoms with Gasteiger partial charge in [0.1, 0.15) is 11.6 Å². The van der Waals surface area contributed by atoms with Crippen molar-refractivity contribution in [3.05, 3.63) is 58.2 Å². The van der Waals surface area contributed by atoms with Gasteiger partial charge in [-0.3, -0.25) is 4.79 Å². The van der Waals surface area contributed by atoms with Crippen molar-refractivity contribution < 1.29 is 22.7 Å². The van der Waals surface area contributed by atoms with Crippen LogP contribution >= 0.6 is 11.6 Å². The fraction of sp³-hybridized carbons (Fsp3) is 0.250. The molecule has 0 unspecified atom stereocenters. The number of aromatic nitrogens is 1. The Morgan fingerprint density at radius 2 is 2.04 bits per heavy atom. The number of nitrogens with one attached hydrogen (secondary N) is 1. The predicted molar refractivity (Wildman–Crippen MR) is 83.3 cm³/mol. The SMILES string of the molecule is Cc1ccccc1C(=O)NCCOc1ncc(C(F)(F)F)cc1Cl. The Bertz CT molecular complexity index is 736. The van der Waals surface area contributed by atoms with Crippen LogP contribution in [0.4, 0.5) is 13.2 Å². The Kier molecular flexibility index (Phi) is 5.66. The van der Waals surface area contributed by atoms with E-state index in [0.29, 0.717) is 11.8 Å². The zero-order valence-corrected chi connectivity index (χ0v) is 13.4. The first kappa shape index (κ1) is 18.1. The van der Waals surface area contributed by atoms with Crippen molar-refractivity contribution in [3.8, 4) is 5.88 Å². The lowest BCUT2D eigenvalue weighted by atomic mass is 10.1. The van der Waals surface area contributed by atoms with Crippen LogP contribution in [0, 0.1) is 6.92 Å².